The van der Waals surface area contributed by atoms with Crippen LogP contribution in [0.25, 0.3) is 0 Å². The Kier molecular flexibility index (Phi) is 8.79. The van der Waals surface area contributed by atoms with Crippen molar-refractivity contribution in [2.45, 2.75) is 59.5 Å². The first kappa shape index (κ1) is 31.5. The van der Waals surface area contributed by atoms with Gasteiger partial charge in [0.2, 0.25) is 6.41 Å². The van der Waals surface area contributed by atoms with Gasteiger partial charge in [-0.15, -0.1) is 0 Å². The molecule has 4 rings (SSSR count). The third kappa shape index (κ3) is 5.65. The number of rotatable bonds is 9. The van der Waals surface area contributed by atoms with Crippen LogP contribution in [0.2, 0.25) is 0 Å². The SMILES string of the molecule is O=CNC1CCC(c2ccc(C(OCc3c(F)cccc3F)(C(F)(F)F)C(F)(F)F)cc2)(S(=O)c2ccc(F)cc2)C1. The molecule has 14 heteroatoms. The summed E-state index contributed by atoms with van der Waals surface area (Å²) >= 11 is 0. The van der Waals surface area contributed by atoms with Gasteiger partial charge in [0.05, 0.1) is 22.2 Å². The van der Waals surface area contributed by atoms with E-state index >= 15 is 0 Å². The Balaban J connectivity index is 1.80. The molecule has 0 heterocycles. The Labute approximate surface area is 236 Å². The molecule has 0 radical (unpaired) electrons. The number of halogens is 9. The van der Waals surface area contributed by atoms with E-state index < -0.39 is 74.7 Å². The summed E-state index contributed by atoms with van der Waals surface area (Å²) in [7, 11) is -1.98. The molecule has 3 aromatic carbocycles. The van der Waals surface area contributed by atoms with Crippen LogP contribution in [0.3, 0.4) is 0 Å². The summed E-state index contributed by atoms with van der Waals surface area (Å²) < 4.78 is 144. The molecule has 0 saturated heterocycles. The molecule has 1 aliphatic carbocycles. The Bertz CT molecular complexity index is 1410. The van der Waals surface area contributed by atoms with Crippen LogP contribution in [-0.4, -0.2) is 29.0 Å². The second-order valence-corrected chi connectivity index (χ2v) is 11.5. The molecule has 4 nitrogen and oxygen atoms in total. The predicted octanol–water partition coefficient (Wildman–Crippen LogP) is 6.94. The first-order valence-electron chi connectivity index (χ1n) is 12.3. The van der Waals surface area contributed by atoms with Crippen LogP contribution in [0.15, 0.2) is 71.6 Å². The van der Waals surface area contributed by atoms with Crippen LogP contribution in [0.5, 0.6) is 0 Å². The first-order chi connectivity index (χ1) is 19.7. The Hall–Kier alpha value is -3.39. The standard InChI is InChI=1S/C28H22F9NO3S/c29-19-8-10-21(11-9-19)42(40)25(13-12-20(14-25)38-16-39)17-4-6-18(7-5-17)26(27(32,33)34,28(35,36)37)41-15-22-23(30)2-1-3-24(22)31/h1-11,16,20H,12-15H2,(H,38,39). The summed E-state index contributed by atoms with van der Waals surface area (Å²) in [5.41, 5.74) is -7.43. The fourth-order valence-corrected chi connectivity index (χ4v) is 7.00. The van der Waals surface area contributed by atoms with Crippen molar-refractivity contribution in [3.63, 3.8) is 0 Å². The molecule has 1 amide bonds. The molecule has 3 aromatic rings. The maximum absolute atomic E-state index is 14.3. The second kappa shape index (κ2) is 11.7. The molecule has 0 aliphatic heterocycles. The lowest BCUT2D eigenvalue weighted by molar-refractivity contribution is -0.392. The quantitative estimate of drug-likeness (QED) is 0.208. The van der Waals surface area contributed by atoms with Crippen LogP contribution in [-0.2, 0) is 37.3 Å². The van der Waals surface area contributed by atoms with E-state index in [1.54, 1.807) is 0 Å². The molecule has 0 bridgehead atoms. The van der Waals surface area contributed by atoms with E-state index in [0.29, 0.717) is 37.1 Å². The van der Waals surface area contributed by atoms with Crippen molar-refractivity contribution in [1.82, 2.24) is 5.32 Å². The lowest BCUT2D eigenvalue weighted by atomic mass is 9.88. The predicted molar refractivity (Wildman–Crippen MR) is 133 cm³/mol. The summed E-state index contributed by atoms with van der Waals surface area (Å²) in [6, 6.07) is 9.21. The molecule has 42 heavy (non-hydrogen) atoms. The lowest BCUT2D eigenvalue weighted by Gasteiger charge is -2.38. The Morgan fingerprint density at radius 1 is 0.881 bits per heavy atom. The fourth-order valence-electron chi connectivity index (χ4n) is 5.16. The molecule has 1 N–H and O–H groups in total. The molecule has 3 atom stereocenters. The van der Waals surface area contributed by atoms with Crippen molar-refractivity contribution in [3.8, 4) is 0 Å². The molecule has 1 aliphatic rings. The van der Waals surface area contributed by atoms with Crippen molar-refractivity contribution >= 4 is 17.2 Å². The van der Waals surface area contributed by atoms with Gasteiger partial charge in [-0.05, 0) is 61.2 Å². The molecule has 1 saturated carbocycles. The maximum Gasteiger partial charge on any atom is 0.430 e. The zero-order chi connectivity index (χ0) is 30.9. The number of carbonyl (C=O) groups is 1. The normalized spacial score (nSPS) is 20.4. The number of benzene rings is 3. The summed E-state index contributed by atoms with van der Waals surface area (Å²) in [6.07, 6.45) is -11.4. The van der Waals surface area contributed by atoms with Gasteiger partial charge in [-0.2, -0.15) is 26.3 Å². The number of nitrogens with one attached hydrogen (secondary N) is 1. The minimum Gasteiger partial charge on any atom is -0.356 e. The number of carbonyl (C=O) groups excluding carboxylic acids is 1. The topological polar surface area (TPSA) is 55.4 Å². The van der Waals surface area contributed by atoms with Crippen molar-refractivity contribution in [1.29, 1.82) is 0 Å². The highest BCUT2D eigenvalue weighted by Crippen LogP contribution is 2.54. The maximum atomic E-state index is 14.3. The summed E-state index contributed by atoms with van der Waals surface area (Å²) in [6.45, 7) is -1.70. The van der Waals surface area contributed by atoms with Gasteiger partial charge >= 0.3 is 12.4 Å². The zero-order valence-electron chi connectivity index (χ0n) is 21.4. The van der Waals surface area contributed by atoms with Gasteiger partial charge in [0, 0.05) is 22.1 Å². The van der Waals surface area contributed by atoms with Gasteiger partial charge in [0.1, 0.15) is 17.5 Å². The monoisotopic (exact) mass is 623 g/mol. The average Bonchev–Trinajstić information content (AvgIpc) is 3.34. The van der Waals surface area contributed by atoms with Crippen LogP contribution in [0, 0.1) is 17.5 Å². The van der Waals surface area contributed by atoms with Gasteiger partial charge in [-0.25, -0.2) is 13.2 Å². The van der Waals surface area contributed by atoms with Gasteiger partial charge in [-0.3, -0.25) is 9.00 Å². The minimum atomic E-state index is -6.13. The largest absolute Gasteiger partial charge is 0.430 e. The third-order valence-electron chi connectivity index (χ3n) is 7.27. The summed E-state index contributed by atoms with van der Waals surface area (Å²) in [5.74, 6) is -3.41. The highest BCUT2D eigenvalue weighted by Gasteiger charge is 2.73. The molecular weight excluding hydrogens is 601 g/mol. The van der Waals surface area contributed by atoms with Crippen LogP contribution >= 0.6 is 0 Å². The van der Waals surface area contributed by atoms with Crippen LogP contribution in [0.4, 0.5) is 39.5 Å². The van der Waals surface area contributed by atoms with Crippen LogP contribution < -0.4 is 5.32 Å². The molecule has 3 unspecified atom stereocenters. The van der Waals surface area contributed by atoms with E-state index in [1.807, 2.05) is 0 Å². The van der Waals surface area contributed by atoms with Crippen molar-refractivity contribution < 1.29 is 53.3 Å². The van der Waals surface area contributed by atoms with E-state index in [4.69, 9.17) is 0 Å². The van der Waals surface area contributed by atoms with Gasteiger partial charge in [0.25, 0.3) is 5.60 Å². The number of alkyl halides is 6. The van der Waals surface area contributed by atoms with Crippen LogP contribution in [0.1, 0.15) is 36.0 Å². The number of hydrogen-bond donors (Lipinski definition) is 1. The third-order valence-corrected chi connectivity index (χ3v) is 9.29. The van der Waals surface area contributed by atoms with Crippen molar-refractivity contribution in [2.75, 3.05) is 0 Å². The van der Waals surface area contributed by atoms with Gasteiger partial charge in [0.15, 0.2) is 0 Å². The minimum absolute atomic E-state index is 0.0157. The second-order valence-electron chi connectivity index (χ2n) is 9.68. The average molecular weight is 624 g/mol. The summed E-state index contributed by atoms with van der Waals surface area (Å²) in [5, 5.41) is 2.55. The van der Waals surface area contributed by atoms with E-state index in [2.05, 4.69) is 10.1 Å². The fraction of sp³-hybridized carbons (Fsp3) is 0.321. The zero-order valence-corrected chi connectivity index (χ0v) is 22.2. The molecule has 226 valence electrons. The van der Waals surface area contributed by atoms with E-state index in [-0.39, 0.29) is 23.3 Å². The van der Waals surface area contributed by atoms with Crippen molar-refractivity contribution in [3.05, 3.63) is 101 Å². The van der Waals surface area contributed by atoms with E-state index in [0.717, 1.165) is 30.3 Å². The Morgan fingerprint density at radius 3 is 1.98 bits per heavy atom. The molecule has 0 spiro atoms. The summed E-state index contributed by atoms with van der Waals surface area (Å²) in [4.78, 5) is 11.2. The number of hydrogen-bond acceptors (Lipinski definition) is 3. The molecule has 1 fully saturated rings. The lowest BCUT2D eigenvalue weighted by Crippen LogP contribution is -2.56. The van der Waals surface area contributed by atoms with Gasteiger partial charge in [-0.1, -0.05) is 30.3 Å². The number of ether oxygens (including phenoxy) is 1. The Morgan fingerprint density at radius 2 is 1.45 bits per heavy atom. The molecule has 0 aromatic heterocycles. The first-order valence-corrected chi connectivity index (χ1v) is 13.5. The number of amides is 1. The van der Waals surface area contributed by atoms with Crippen molar-refractivity contribution in [2.24, 2.45) is 0 Å². The van der Waals surface area contributed by atoms with E-state index in [1.165, 1.54) is 12.1 Å². The molecular formula is C28H22F9NO3S. The van der Waals surface area contributed by atoms with Gasteiger partial charge < -0.3 is 10.1 Å². The highest BCUT2D eigenvalue weighted by atomic mass is 32.2. The smallest absolute Gasteiger partial charge is 0.356 e. The highest BCUT2D eigenvalue weighted by molar-refractivity contribution is 7.86. The van der Waals surface area contributed by atoms with E-state index in [9.17, 15) is 48.5 Å².